The third kappa shape index (κ3) is 2.48. The first kappa shape index (κ1) is 14.2. The number of rotatable bonds is 3. The summed E-state index contributed by atoms with van der Waals surface area (Å²) >= 11 is 6.11. The van der Waals surface area contributed by atoms with Crippen LogP contribution in [0.15, 0.2) is 60.8 Å². The average molecular weight is 323 g/mol. The summed E-state index contributed by atoms with van der Waals surface area (Å²) in [5.74, 6) is 0. The van der Waals surface area contributed by atoms with Crippen LogP contribution in [-0.4, -0.2) is 14.7 Å². The van der Waals surface area contributed by atoms with Crippen molar-refractivity contribution in [3.8, 4) is 0 Å². The first-order valence-electron chi connectivity index (χ1n) is 7.47. The lowest BCUT2D eigenvalue weighted by molar-refractivity contribution is 0.277. The maximum absolute atomic E-state index is 9.36. The highest BCUT2D eigenvalue weighted by Crippen LogP contribution is 2.30. The molecule has 4 aromatic rings. The van der Waals surface area contributed by atoms with E-state index in [2.05, 4.69) is 27.8 Å². The lowest BCUT2D eigenvalue weighted by Crippen LogP contribution is -2.00. The predicted octanol–water partition coefficient (Wildman–Crippen LogP) is 4.38. The number of hydrogen-bond acceptors (Lipinski definition) is 2. The van der Waals surface area contributed by atoms with Crippen molar-refractivity contribution in [3.05, 3.63) is 77.1 Å². The Morgan fingerprint density at radius 2 is 1.83 bits per heavy atom. The number of hydrogen-bond donors (Lipinski definition) is 1. The third-order valence-electron chi connectivity index (χ3n) is 4.11. The summed E-state index contributed by atoms with van der Waals surface area (Å²) in [6.07, 6.45) is 1.84. The van der Waals surface area contributed by atoms with Crippen LogP contribution >= 0.6 is 11.6 Å². The lowest BCUT2D eigenvalue weighted by atomic mass is 10.2. The minimum absolute atomic E-state index is 0.0518. The SMILES string of the molecule is OCc1cc2c3ccccc3n(Cc3cccc(Cl)c3)c2cn1. The Labute approximate surface area is 138 Å². The number of aliphatic hydroxyl groups is 1. The van der Waals surface area contributed by atoms with Crippen molar-refractivity contribution >= 4 is 33.4 Å². The summed E-state index contributed by atoms with van der Waals surface area (Å²) in [5, 5.41) is 12.4. The minimum Gasteiger partial charge on any atom is -0.390 e. The molecule has 3 nitrogen and oxygen atoms in total. The van der Waals surface area contributed by atoms with Crippen LogP contribution < -0.4 is 0 Å². The molecule has 114 valence electrons. The fourth-order valence-electron chi connectivity index (χ4n) is 3.06. The second kappa shape index (κ2) is 5.69. The molecule has 1 N–H and O–H groups in total. The zero-order valence-electron chi connectivity index (χ0n) is 12.4. The summed E-state index contributed by atoms with van der Waals surface area (Å²) in [6, 6.07) is 18.2. The molecule has 0 bridgehead atoms. The monoisotopic (exact) mass is 322 g/mol. The molecule has 4 rings (SSSR count). The first-order valence-corrected chi connectivity index (χ1v) is 7.85. The lowest BCUT2D eigenvalue weighted by Gasteiger charge is -2.08. The van der Waals surface area contributed by atoms with Gasteiger partial charge in [-0.15, -0.1) is 0 Å². The third-order valence-corrected chi connectivity index (χ3v) is 4.34. The van der Waals surface area contributed by atoms with E-state index >= 15 is 0 Å². The molecule has 0 saturated carbocycles. The van der Waals surface area contributed by atoms with E-state index in [4.69, 9.17) is 11.6 Å². The second-order valence-corrected chi connectivity index (χ2v) is 6.02. The van der Waals surface area contributed by atoms with Crippen molar-refractivity contribution in [2.45, 2.75) is 13.2 Å². The van der Waals surface area contributed by atoms with E-state index in [0.29, 0.717) is 5.69 Å². The van der Waals surface area contributed by atoms with Gasteiger partial charge in [-0.2, -0.15) is 0 Å². The van der Waals surface area contributed by atoms with Crippen LogP contribution in [-0.2, 0) is 13.2 Å². The summed E-state index contributed by atoms with van der Waals surface area (Å²) in [4.78, 5) is 4.34. The van der Waals surface area contributed by atoms with Gasteiger partial charge in [-0.3, -0.25) is 4.98 Å². The van der Waals surface area contributed by atoms with Gasteiger partial charge in [0, 0.05) is 27.9 Å². The molecule has 0 aliphatic heterocycles. The summed E-state index contributed by atoms with van der Waals surface area (Å²) < 4.78 is 2.24. The van der Waals surface area contributed by atoms with Gasteiger partial charge in [0.1, 0.15) is 0 Å². The number of aliphatic hydroxyl groups excluding tert-OH is 1. The van der Waals surface area contributed by atoms with Crippen LogP contribution in [0.3, 0.4) is 0 Å². The van der Waals surface area contributed by atoms with Gasteiger partial charge in [0.2, 0.25) is 0 Å². The number of fused-ring (bicyclic) bond motifs is 3. The summed E-state index contributed by atoms with van der Waals surface area (Å²) in [6.45, 7) is 0.675. The molecule has 0 fully saturated rings. The van der Waals surface area contributed by atoms with Crippen molar-refractivity contribution in [2.75, 3.05) is 0 Å². The Balaban J connectivity index is 1.96. The fourth-order valence-corrected chi connectivity index (χ4v) is 3.28. The molecule has 4 heteroatoms. The van der Waals surface area contributed by atoms with Gasteiger partial charge in [-0.1, -0.05) is 41.9 Å². The quantitative estimate of drug-likeness (QED) is 0.607. The van der Waals surface area contributed by atoms with Crippen LogP contribution in [0.4, 0.5) is 0 Å². The van der Waals surface area contributed by atoms with E-state index < -0.39 is 0 Å². The van der Waals surface area contributed by atoms with Crippen LogP contribution in [0.1, 0.15) is 11.3 Å². The number of aromatic nitrogens is 2. The van der Waals surface area contributed by atoms with E-state index in [0.717, 1.165) is 33.6 Å². The number of pyridine rings is 1. The molecule has 2 heterocycles. The van der Waals surface area contributed by atoms with E-state index in [1.807, 2.05) is 42.6 Å². The van der Waals surface area contributed by atoms with Crippen LogP contribution in [0.25, 0.3) is 21.8 Å². The van der Waals surface area contributed by atoms with Gasteiger partial charge in [-0.25, -0.2) is 0 Å². The van der Waals surface area contributed by atoms with E-state index in [-0.39, 0.29) is 6.61 Å². The van der Waals surface area contributed by atoms with Crippen LogP contribution in [0.5, 0.6) is 0 Å². The minimum atomic E-state index is -0.0518. The topological polar surface area (TPSA) is 38.0 Å². The van der Waals surface area contributed by atoms with Gasteiger partial charge < -0.3 is 9.67 Å². The van der Waals surface area contributed by atoms with E-state index in [1.165, 1.54) is 5.39 Å². The van der Waals surface area contributed by atoms with Crippen molar-refractivity contribution < 1.29 is 5.11 Å². The molecular formula is C19H15ClN2O. The molecule has 2 aromatic carbocycles. The highest BCUT2D eigenvalue weighted by Gasteiger charge is 2.11. The zero-order valence-corrected chi connectivity index (χ0v) is 13.2. The standard InChI is InChI=1S/C19H15ClN2O/c20-14-5-3-4-13(8-14)11-22-18-7-2-1-6-16(18)17-9-15(12-23)21-10-19(17)22/h1-10,23H,11-12H2. The Morgan fingerprint density at radius 1 is 0.957 bits per heavy atom. The Bertz CT molecular complexity index is 1010. The van der Waals surface area contributed by atoms with Crippen molar-refractivity contribution in [2.24, 2.45) is 0 Å². The summed E-state index contributed by atoms with van der Waals surface area (Å²) in [7, 11) is 0. The molecule has 0 atom stereocenters. The molecule has 0 spiro atoms. The fraction of sp³-hybridized carbons (Fsp3) is 0.105. The molecule has 0 radical (unpaired) electrons. The Hall–Kier alpha value is -2.36. The van der Waals surface area contributed by atoms with E-state index in [1.54, 1.807) is 0 Å². The Kier molecular flexibility index (Phi) is 3.52. The molecule has 0 unspecified atom stereocenters. The highest BCUT2D eigenvalue weighted by atomic mass is 35.5. The second-order valence-electron chi connectivity index (χ2n) is 5.58. The molecule has 23 heavy (non-hydrogen) atoms. The zero-order chi connectivity index (χ0) is 15.8. The van der Waals surface area contributed by atoms with Gasteiger partial charge in [-0.05, 0) is 29.8 Å². The van der Waals surface area contributed by atoms with Gasteiger partial charge in [0.15, 0.2) is 0 Å². The smallest absolute Gasteiger partial charge is 0.0853 e. The van der Waals surface area contributed by atoms with Gasteiger partial charge >= 0.3 is 0 Å². The van der Waals surface area contributed by atoms with Crippen LogP contribution in [0.2, 0.25) is 5.02 Å². The Morgan fingerprint density at radius 3 is 2.65 bits per heavy atom. The average Bonchev–Trinajstić information content (AvgIpc) is 2.89. The first-order chi connectivity index (χ1) is 11.3. The molecule has 0 aliphatic rings. The normalized spacial score (nSPS) is 11.4. The highest BCUT2D eigenvalue weighted by molar-refractivity contribution is 6.30. The van der Waals surface area contributed by atoms with Crippen molar-refractivity contribution in [3.63, 3.8) is 0 Å². The molecule has 0 aliphatic carbocycles. The van der Waals surface area contributed by atoms with Crippen molar-refractivity contribution in [1.82, 2.24) is 9.55 Å². The maximum atomic E-state index is 9.36. The number of benzene rings is 2. The maximum Gasteiger partial charge on any atom is 0.0853 e. The van der Waals surface area contributed by atoms with Crippen LogP contribution in [0, 0.1) is 0 Å². The largest absolute Gasteiger partial charge is 0.390 e. The predicted molar refractivity (Wildman–Crippen MR) is 93.7 cm³/mol. The van der Waals surface area contributed by atoms with Gasteiger partial charge in [0.25, 0.3) is 0 Å². The number of nitrogens with zero attached hydrogens (tertiary/aromatic N) is 2. The molecule has 0 amide bonds. The van der Waals surface area contributed by atoms with Crippen molar-refractivity contribution in [1.29, 1.82) is 0 Å². The number of halogens is 1. The summed E-state index contributed by atoms with van der Waals surface area (Å²) in [5.41, 5.74) is 4.04. The molecule has 0 saturated heterocycles. The molecular weight excluding hydrogens is 308 g/mol. The van der Waals surface area contributed by atoms with E-state index in [9.17, 15) is 5.11 Å². The van der Waals surface area contributed by atoms with Gasteiger partial charge in [0.05, 0.1) is 24.0 Å². The molecule has 2 aromatic heterocycles. The number of para-hydroxylation sites is 1.